The van der Waals surface area contributed by atoms with Crippen molar-refractivity contribution in [3.05, 3.63) is 57.6 Å². The number of hydrogen-bond acceptors (Lipinski definition) is 2. The molecule has 0 amide bonds. The van der Waals surface area contributed by atoms with E-state index in [-0.39, 0.29) is 0 Å². The van der Waals surface area contributed by atoms with E-state index in [1.54, 1.807) is 0 Å². The molecule has 0 unspecified atom stereocenters. The number of aryl methyl sites for hydroxylation is 1. The summed E-state index contributed by atoms with van der Waals surface area (Å²) in [5, 5.41) is 4.52. The van der Waals surface area contributed by atoms with Crippen LogP contribution < -0.4 is 10.1 Å². The van der Waals surface area contributed by atoms with Gasteiger partial charge in [-0.05, 0) is 48.9 Å². The van der Waals surface area contributed by atoms with Crippen molar-refractivity contribution in [1.82, 2.24) is 5.32 Å². The van der Waals surface area contributed by atoms with Gasteiger partial charge in [-0.25, -0.2) is 0 Å². The minimum atomic E-state index is 0.587. The first kappa shape index (κ1) is 15.2. The van der Waals surface area contributed by atoms with E-state index in [0.29, 0.717) is 21.5 Å². The molecular formula is C16H17Cl2NO. The molecule has 0 heterocycles. The van der Waals surface area contributed by atoms with Crippen LogP contribution >= 0.6 is 23.2 Å². The maximum Gasteiger partial charge on any atom is 0.146 e. The average molecular weight is 310 g/mol. The highest BCUT2D eigenvalue weighted by Gasteiger charge is 2.06. The zero-order chi connectivity index (χ0) is 14.5. The molecule has 0 atom stereocenters. The summed E-state index contributed by atoms with van der Waals surface area (Å²) in [5.41, 5.74) is 2.15. The monoisotopic (exact) mass is 309 g/mol. The van der Waals surface area contributed by atoms with Crippen LogP contribution in [0.15, 0.2) is 36.4 Å². The van der Waals surface area contributed by atoms with Crippen LogP contribution in [0.4, 0.5) is 0 Å². The van der Waals surface area contributed by atoms with Gasteiger partial charge < -0.3 is 10.1 Å². The number of benzene rings is 2. The molecule has 2 nitrogen and oxygen atoms in total. The van der Waals surface area contributed by atoms with Crippen molar-refractivity contribution in [3.63, 3.8) is 0 Å². The van der Waals surface area contributed by atoms with Gasteiger partial charge in [-0.15, -0.1) is 0 Å². The number of nitrogens with one attached hydrogen (secondary N) is 1. The van der Waals surface area contributed by atoms with Crippen LogP contribution in [0, 0.1) is 6.92 Å². The van der Waals surface area contributed by atoms with Gasteiger partial charge in [0.1, 0.15) is 11.5 Å². The van der Waals surface area contributed by atoms with Crippen molar-refractivity contribution in [2.24, 2.45) is 0 Å². The highest BCUT2D eigenvalue weighted by molar-refractivity contribution is 6.32. The van der Waals surface area contributed by atoms with E-state index < -0.39 is 0 Å². The van der Waals surface area contributed by atoms with Gasteiger partial charge in [-0.1, -0.05) is 42.3 Å². The zero-order valence-corrected chi connectivity index (χ0v) is 13.1. The topological polar surface area (TPSA) is 21.3 Å². The molecule has 4 heteroatoms. The lowest BCUT2D eigenvalue weighted by atomic mass is 10.2. The summed E-state index contributed by atoms with van der Waals surface area (Å²) in [5.74, 6) is 1.32. The van der Waals surface area contributed by atoms with E-state index >= 15 is 0 Å². The predicted octanol–water partition coefficient (Wildman–Crippen LogP) is 5.20. The van der Waals surface area contributed by atoms with E-state index in [0.717, 1.165) is 24.2 Å². The lowest BCUT2D eigenvalue weighted by Crippen LogP contribution is -2.11. The minimum absolute atomic E-state index is 0.587. The van der Waals surface area contributed by atoms with Crippen LogP contribution in [0.2, 0.25) is 10.0 Å². The Morgan fingerprint density at radius 1 is 1.05 bits per heavy atom. The fourth-order valence-electron chi connectivity index (χ4n) is 1.81. The molecule has 0 bridgehead atoms. The first-order valence-corrected chi connectivity index (χ1v) is 7.29. The summed E-state index contributed by atoms with van der Waals surface area (Å²) >= 11 is 12.4. The molecule has 0 saturated heterocycles. The molecule has 0 radical (unpaired) electrons. The third kappa shape index (κ3) is 3.89. The van der Waals surface area contributed by atoms with Crippen molar-refractivity contribution in [1.29, 1.82) is 0 Å². The molecule has 0 aromatic heterocycles. The Morgan fingerprint density at radius 3 is 2.55 bits per heavy atom. The van der Waals surface area contributed by atoms with E-state index in [9.17, 15) is 0 Å². The van der Waals surface area contributed by atoms with Gasteiger partial charge >= 0.3 is 0 Å². The van der Waals surface area contributed by atoms with Gasteiger partial charge in [0.15, 0.2) is 0 Å². The van der Waals surface area contributed by atoms with Gasteiger partial charge in [-0.2, -0.15) is 0 Å². The Kier molecular flexibility index (Phi) is 5.30. The Bertz CT molecular complexity index is 599. The molecule has 106 valence electrons. The van der Waals surface area contributed by atoms with Gasteiger partial charge in [0.25, 0.3) is 0 Å². The third-order valence-corrected chi connectivity index (χ3v) is 3.57. The predicted molar refractivity (Wildman–Crippen MR) is 85.1 cm³/mol. The summed E-state index contributed by atoms with van der Waals surface area (Å²) in [7, 11) is 0. The lowest BCUT2D eigenvalue weighted by Gasteiger charge is -2.11. The van der Waals surface area contributed by atoms with Crippen molar-refractivity contribution in [2.75, 3.05) is 6.54 Å². The van der Waals surface area contributed by atoms with Crippen LogP contribution in [-0.4, -0.2) is 6.54 Å². The number of ether oxygens (including phenoxy) is 1. The van der Waals surface area contributed by atoms with Crippen LogP contribution in [0.1, 0.15) is 18.1 Å². The van der Waals surface area contributed by atoms with Crippen molar-refractivity contribution in [2.45, 2.75) is 20.4 Å². The van der Waals surface area contributed by atoms with Crippen molar-refractivity contribution in [3.8, 4) is 11.5 Å². The second-order valence-electron chi connectivity index (χ2n) is 4.57. The minimum Gasteiger partial charge on any atom is -0.456 e. The molecule has 0 saturated carbocycles. The van der Waals surface area contributed by atoms with E-state index in [4.69, 9.17) is 27.9 Å². The lowest BCUT2D eigenvalue weighted by molar-refractivity contribution is 0.482. The molecule has 0 aliphatic rings. The summed E-state index contributed by atoms with van der Waals surface area (Å²) in [6, 6.07) is 11.4. The quantitative estimate of drug-likeness (QED) is 0.819. The Labute approximate surface area is 129 Å². The van der Waals surface area contributed by atoms with Crippen molar-refractivity contribution < 1.29 is 4.74 Å². The molecule has 2 aromatic carbocycles. The number of halogens is 2. The first-order valence-electron chi connectivity index (χ1n) is 6.53. The van der Waals surface area contributed by atoms with E-state index in [1.807, 2.05) is 43.3 Å². The molecule has 0 spiro atoms. The van der Waals surface area contributed by atoms with E-state index in [1.165, 1.54) is 0 Å². The smallest absolute Gasteiger partial charge is 0.146 e. The fraction of sp³-hybridized carbons (Fsp3) is 0.250. The second-order valence-corrected chi connectivity index (χ2v) is 5.38. The first-order chi connectivity index (χ1) is 9.60. The summed E-state index contributed by atoms with van der Waals surface area (Å²) in [6.45, 7) is 5.72. The van der Waals surface area contributed by atoms with Gasteiger partial charge in [0, 0.05) is 11.6 Å². The molecule has 0 aliphatic heterocycles. The van der Waals surface area contributed by atoms with Crippen molar-refractivity contribution >= 4 is 23.2 Å². The molecule has 0 aliphatic carbocycles. The SMILES string of the molecule is CCNCc1ccc(Oc2cc(C)ccc2Cl)cc1Cl. The highest BCUT2D eigenvalue weighted by Crippen LogP contribution is 2.32. The highest BCUT2D eigenvalue weighted by atomic mass is 35.5. The zero-order valence-electron chi connectivity index (χ0n) is 11.5. The Hall–Kier alpha value is -1.22. The fourth-order valence-corrected chi connectivity index (χ4v) is 2.20. The summed E-state index contributed by atoms with van der Waals surface area (Å²) < 4.78 is 5.79. The van der Waals surface area contributed by atoms with E-state index in [2.05, 4.69) is 12.2 Å². The van der Waals surface area contributed by atoms with Crippen LogP contribution in [0.25, 0.3) is 0 Å². The average Bonchev–Trinajstić information content (AvgIpc) is 2.42. The maximum absolute atomic E-state index is 6.25. The van der Waals surface area contributed by atoms with Crippen LogP contribution in [0.5, 0.6) is 11.5 Å². The number of rotatable bonds is 5. The number of hydrogen-bond donors (Lipinski definition) is 1. The van der Waals surface area contributed by atoms with Gasteiger partial charge in [0.2, 0.25) is 0 Å². The Balaban J connectivity index is 2.17. The molecule has 20 heavy (non-hydrogen) atoms. The van der Waals surface area contributed by atoms with Crippen LogP contribution in [0.3, 0.4) is 0 Å². The molecule has 2 aromatic rings. The molecule has 1 N–H and O–H groups in total. The normalized spacial score (nSPS) is 10.6. The summed E-state index contributed by atoms with van der Waals surface area (Å²) in [6.07, 6.45) is 0. The second kappa shape index (κ2) is 6.98. The van der Waals surface area contributed by atoms with Gasteiger partial charge in [0.05, 0.1) is 5.02 Å². The molecule has 0 fully saturated rings. The van der Waals surface area contributed by atoms with Gasteiger partial charge in [-0.3, -0.25) is 0 Å². The molecule has 2 rings (SSSR count). The maximum atomic E-state index is 6.25. The Morgan fingerprint density at radius 2 is 1.85 bits per heavy atom. The van der Waals surface area contributed by atoms with Crippen LogP contribution in [-0.2, 0) is 6.54 Å². The molecular weight excluding hydrogens is 293 g/mol. The largest absolute Gasteiger partial charge is 0.456 e. The summed E-state index contributed by atoms with van der Waals surface area (Å²) in [4.78, 5) is 0. The standard InChI is InChI=1S/C16H17Cl2NO/c1-3-19-10-12-5-6-13(9-15(12)18)20-16-8-11(2)4-7-14(16)17/h4-9,19H,3,10H2,1-2H3. The third-order valence-electron chi connectivity index (χ3n) is 2.90.